The van der Waals surface area contributed by atoms with E-state index in [9.17, 15) is 13.2 Å². The van der Waals surface area contributed by atoms with E-state index in [2.05, 4.69) is 4.43 Å². The molecule has 0 aromatic rings. The van der Waals surface area contributed by atoms with Crippen LogP contribution in [-0.4, -0.2) is 22.8 Å². The van der Waals surface area contributed by atoms with E-state index < -0.39 is 12.3 Å². The Kier molecular flexibility index (Phi) is 2.49. The van der Waals surface area contributed by atoms with Crippen LogP contribution in [0.2, 0.25) is 0 Å². The van der Waals surface area contributed by atoms with Gasteiger partial charge in [-0.15, -0.1) is 0 Å². The molecule has 5 heteroatoms. The van der Waals surface area contributed by atoms with Crippen molar-refractivity contribution in [2.24, 2.45) is 0 Å². The van der Waals surface area contributed by atoms with Gasteiger partial charge in [0.25, 0.3) is 0 Å². The first kappa shape index (κ1) is 7.97. The maximum absolute atomic E-state index is 11.3. The van der Waals surface area contributed by atoms with Crippen molar-refractivity contribution in [1.82, 2.24) is 0 Å². The fraction of sp³-hybridized carbons (Fsp3) is 1.00. The molecule has 0 spiro atoms. The van der Waals surface area contributed by atoms with Crippen LogP contribution in [0.4, 0.5) is 13.2 Å². The predicted octanol–water partition coefficient (Wildman–Crippen LogP) is 0.234. The molecule has 0 aliphatic rings. The van der Waals surface area contributed by atoms with Crippen molar-refractivity contribution in [3.8, 4) is 0 Å². The lowest BCUT2D eigenvalue weighted by molar-refractivity contribution is -0.188. The van der Waals surface area contributed by atoms with Gasteiger partial charge in [0.15, 0.2) is 0 Å². The normalized spacial score (nSPS) is 16.5. The Hall–Kier alpha value is -0.0331. The molecule has 0 aromatic carbocycles. The average molecular weight is 144 g/mol. The molecule has 1 unspecified atom stereocenters. The van der Waals surface area contributed by atoms with Crippen molar-refractivity contribution < 1.29 is 17.6 Å². The van der Waals surface area contributed by atoms with Gasteiger partial charge in [0.05, 0.1) is 0 Å². The van der Waals surface area contributed by atoms with Gasteiger partial charge in [-0.25, -0.2) is 0 Å². The summed E-state index contributed by atoms with van der Waals surface area (Å²) < 4.78 is 38.2. The van der Waals surface area contributed by atoms with Gasteiger partial charge in [0.1, 0.15) is 16.6 Å². The molecule has 0 aromatic heterocycles. The zero-order chi connectivity index (χ0) is 6.78. The highest BCUT2D eigenvalue weighted by Gasteiger charge is 2.35. The van der Waals surface area contributed by atoms with Crippen LogP contribution in [0.5, 0.6) is 0 Å². The fourth-order valence-electron chi connectivity index (χ4n) is 0.134. The summed E-state index contributed by atoms with van der Waals surface area (Å²) in [5.74, 6) is 0. The molecule has 0 saturated carbocycles. The summed E-state index contributed by atoms with van der Waals surface area (Å²) >= 11 is 0. The third-order valence-electron chi connectivity index (χ3n) is 0.815. The van der Waals surface area contributed by atoms with Crippen LogP contribution in [0, 0.1) is 0 Å². The van der Waals surface area contributed by atoms with Crippen LogP contribution in [0.1, 0.15) is 6.92 Å². The van der Waals surface area contributed by atoms with Crippen molar-refractivity contribution in [1.29, 1.82) is 0 Å². The maximum atomic E-state index is 11.3. The van der Waals surface area contributed by atoms with Gasteiger partial charge in [-0.1, -0.05) is 0 Å². The van der Waals surface area contributed by atoms with Crippen LogP contribution in [0.25, 0.3) is 0 Å². The number of alkyl halides is 3. The Labute approximate surface area is 48.4 Å². The minimum absolute atomic E-state index is 0.134. The van der Waals surface area contributed by atoms with Gasteiger partial charge in [0, 0.05) is 0 Å². The maximum Gasteiger partial charge on any atom is 0.413 e. The van der Waals surface area contributed by atoms with Crippen molar-refractivity contribution in [3.63, 3.8) is 0 Å². The molecule has 0 N–H and O–H groups in total. The lowest BCUT2D eigenvalue weighted by Gasteiger charge is -2.12. The molecule has 0 bridgehead atoms. The number of halogens is 3. The molecule has 0 radical (unpaired) electrons. The molecule has 0 heterocycles. The molecule has 0 saturated heterocycles. The van der Waals surface area contributed by atoms with Gasteiger partial charge in [-0.05, 0) is 6.92 Å². The summed E-state index contributed by atoms with van der Waals surface area (Å²) in [7, 11) is 0.134. The minimum Gasteiger partial charge on any atom is -0.417 e. The van der Waals surface area contributed by atoms with E-state index in [0.29, 0.717) is 0 Å². The third kappa shape index (κ3) is 2.32. The van der Waals surface area contributed by atoms with Gasteiger partial charge in [0.2, 0.25) is 0 Å². The highest BCUT2D eigenvalue weighted by molar-refractivity contribution is 5.98. The summed E-state index contributed by atoms with van der Waals surface area (Å²) in [6, 6.07) is 0. The molecule has 8 heavy (non-hydrogen) atoms. The first-order valence-corrected chi connectivity index (χ1v) is 2.89. The molecular weight excluding hydrogens is 137 g/mol. The zero-order valence-corrected chi connectivity index (χ0v) is 6.62. The van der Waals surface area contributed by atoms with Gasteiger partial charge < -0.3 is 4.43 Å². The van der Waals surface area contributed by atoms with Crippen molar-refractivity contribution in [3.05, 3.63) is 0 Å². The highest BCUT2D eigenvalue weighted by Crippen LogP contribution is 2.20. The summed E-state index contributed by atoms with van der Waals surface area (Å²) in [5.41, 5.74) is 0. The van der Waals surface area contributed by atoms with E-state index in [1.807, 2.05) is 0 Å². The Morgan fingerprint density at radius 3 is 1.88 bits per heavy atom. The largest absolute Gasteiger partial charge is 0.417 e. The second-order valence-electron chi connectivity index (χ2n) is 1.42. The van der Waals surface area contributed by atoms with Crippen molar-refractivity contribution in [2.45, 2.75) is 19.2 Å². The smallest absolute Gasteiger partial charge is 0.413 e. The van der Waals surface area contributed by atoms with Crippen LogP contribution >= 0.6 is 0 Å². The van der Waals surface area contributed by atoms with Crippen LogP contribution < -0.4 is 0 Å². The summed E-state index contributed by atoms with van der Waals surface area (Å²) in [6.07, 6.45) is -5.77. The van der Waals surface area contributed by atoms with Gasteiger partial charge >= 0.3 is 6.18 Å². The summed E-state index contributed by atoms with van der Waals surface area (Å²) in [5, 5.41) is 0. The highest BCUT2D eigenvalue weighted by atomic mass is 28.2. The lowest BCUT2D eigenvalue weighted by Crippen LogP contribution is -2.27. The average Bonchev–Trinajstić information content (AvgIpc) is 1.62. The Balaban J connectivity index is 3.62. The minimum atomic E-state index is -4.18. The van der Waals surface area contributed by atoms with Crippen LogP contribution in [0.3, 0.4) is 0 Å². The quantitative estimate of drug-likeness (QED) is 0.479. The molecule has 1 nitrogen and oxygen atoms in total. The summed E-state index contributed by atoms with van der Waals surface area (Å²) in [4.78, 5) is 0. The monoisotopic (exact) mass is 144 g/mol. The van der Waals surface area contributed by atoms with E-state index in [1.165, 1.54) is 0 Å². The Morgan fingerprint density at radius 1 is 1.50 bits per heavy atom. The van der Waals surface area contributed by atoms with Crippen LogP contribution in [-0.2, 0) is 4.43 Å². The first-order valence-electron chi connectivity index (χ1n) is 2.08. The molecule has 0 aliphatic carbocycles. The molecule has 0 aliphatic heterocycles. The zero-order valence-electron chi connectivity index (χ0n) is 4.62. The molecule has 0 amide bonds. The van der Waals surface area contributed by atoms with Crippen molar-refractivity contribution >= 4 is 10.5 Å². The second kappa shape index (κ2) is 2.50. The van der Waals surface area contributed by atoms with E-state index in [0.717, 1.165) is 6.92 Å². The number of rotatable bonds is 1. The number of hydrogen-bond acceptors (Lipinski definition) is 1. The first-order chi connectivity index (χ1) is 3.48. The van der Waals surface area contributed by atoms with Gasteiger partial charge in [-0.3, -0.25) is 0 Å². The SMILES string of the molecule is CC(O[SiH3])C(F)(F)F. The van der Waals surface area contributed by atoms with Crippen LogP contribution in [0.15, 0.2) is 0 Å². The fourth-order valence-corrected chi connectivity index (χ4v) is 0.401. The van der Waals surface area contributed by atoms with E-state index in [4.69, 9.17) is 0 Å². The molecule has 0 rings (SSSR count). The summed E-state index contributed by atoms with van der Waals surface area (Å²) in [6.45, 7) is 0.993. The molecule has 0 fully saturated rings. The number of hydrogen-bond donors (Lipinski definition) is 0. The molecule has 1 atom stereocenters. The van der Waals surface area contributed by atoms with Crippen molar-refractivity contribution in [2.75, 3.05) is 0 Å². The molecule has 50 valence electrons. The van der Waals surface area contributed by atoms with Gasteiger partial charge in [-0.2, -0.15) is 13.2 Å². The Morgan fingerprint density at radius 2 is 1.88 bits per heavy atom. The van der Waals surface area contributed by atoms with E-state index >= 15 is 0 Å². The van der Waals surface area contributed by atoms with E-state index in [-0.39, 0.29) is 10.5 Å². The predicted molar refractivity (Wildman–Crippen MR) is 26.5 cm³/mol. The molecular formula is C3H7F3OSi. The van der Waals surface area contributed by atoms with E-state index in [1.54, 1.807) is 0 Å². The lowest BCUT2D eigenvalue weighted by atomic mass is 10.4. The topological polar surface area (TPSA) is 9.23 Å². The Bertz CT molecular complexity index is 71.4. The standard InChI is InChI=1S/C3H7F3OSi/c1-2(7-8)3(4,5)6/h2H,1,8H3. The third-order valence-corrected chi connectivity index (χ3v) is 1.52. The second-order valence-corrected chi connectivity index (χ2v) is 1.89.